The average Bonchev–Trinajstić information content (AvgIpc) is 2.99. The van der Waals surface area contributed by atoms with E-state index in [1.165, 1.54) is 5.56 Å². The van der Waals surface area contributed by atoms with E-state index in [9.17, 15) is 9.59 Å². The number of hydrogen-bond acceptors (Lipinski definition) is 2. The summed E-state index contributed by atoms with van der Waals surface area (Å²) in [6, 6.07) is 15.1. The number of benzene rings is 2. The van der Waals surface area contributed by atoms with E-state index in [1.807, 2.05) is 30.0 Å². The number of carbonyl (C=O) groups is 2. The topological polar surface area (TPSA) is 49.4 Å². The summed E-state index contributed by atoms with van der Waals surface area (Å²) in [4.78, 5) is 26.1. The molecule has 1 aliphatic heterocycles. The predicted octanol–water partition coefficient (Wildman–Crippen LogP) is 3.63. The molecule has 1 heterocycles. The van der Waals surface area contributed by atoms with Gasteiger partial charge in [-0.3, -0.25) is 9.59 Å². The lowest BCUT2D eigenvalue weighted by Gasteiger charge is -2.17. The van der Waals surface area contributed by atoms with Crippen LogP contribution in [0.25, 0.3) is 0 Å². The first-order valence-corrected chi connectivity index (χ1v) is 7.98. The van der Waals surface area contributed by atoms with Crippen LogP contribution in [0.15, 0.2) is 48.5 Å². The van der Waals surface area contributed by atoms with Crippen LogP contribution in [0.3, 0.4) is 0 Å². The van der Waals surface area contributed by atoms with Gasteiger partial charge in [-0.15, -0.1) is 0 Å². The van der Waals surface area contributed by atoms with Crippen molar-refractivity contribution in [1.29, 1.82) is 0 Å². The monoisotopic (exact) mass is 308 g/mol. The molecule has 4 heteroatoms. The van der Waals surface area contributed by atoms with Gasteiger partial charge >= 0.3 is 0 Å². The van der Waals surface area contributed by atoms with Crippen molar-refractivity contribution in [2.45, 2.75) is 26.2 Å². The van der Waals surface area contributed by atoms with E-state index in [1.54, 1.807) is 24.3 Å². The summed E-state index contributed by atoms with van der Waals surface area (Å²) < 4.78 is 0. The quantitative estimate of drug-likeness (QED) is 0.937. The van der Waals surface area contributed by atoms with Crippen molar-refractivity contribution < 1.29 is 9.59 Å². The zero-order valence-electron chi connectivity index (χ0n) is 13.2. The van der Waals surface area contributed by atoms with Crippen LogP contribution < -0.4 is 10.2 Å². The summed E-state index contributed by atoms with van der Waals surface area (Å²) in [5, 5.41) is 2.83. The van der Waals surface area contributed by atoms with E-state index in [0.717, 1.165) is 24.2 Å². The maximum atomic E-state index is 12.7. The van der Waals surface area contributed by atoms with Crippen LogP contribution in [0.4, 0.5) is 11.4 Å². The molecular formula is C19H20N2O2. The SMILES string of the molecule is CCCC(=O)Nc1ccc(C(=O)N2CCc3ccccc32)cc1. The molecule has 118 valence electrons. The van der Waals surface area contributed by atoms with Crippen LogP contribution in [0.1, 0.15) is 35.7 Å². The smallest absolute Gasteiger partial charge is 0.258 e. The van der Waals surface area contributed by atoms with Crippen molar-refractivity contribution in [1.82, 2.24) is 0 Å². The first-order chi connectivity index (χ1) is 11.2. The second-order valence-corrected chi connectivity index (χ2v) is 5.71. The Hall–Kier alpha value is -2.62. The van der Waals surface area contributed by atoms with E-state index in [-0.39, 0.29) is 11.8 Å². The molecular weight excluding hydrogens is 288 g/mol. The molecule has 2 aromatic rings. The lowest BCUT2D eigenvalue weighted by Crippen LogP contribution is -2.28. The van der Waals surface area contributed by atoms with Crippen molar-refractivity contribution in [3.8, 4) is 0 Å². The molecule has 0 atom stereocenters. The van der Waals surface area contributed by atoms with Gasteiger partial charge in [-0.25, -0.2) is 0 Å². The summed E-state index contributed by atoms with van der Waals surface area (Å²) in [5.74, 6) is 0.00133. The molecule has 2 amide bonds. The van der Waals surface area contributed by atoms with E-state index >= 15 is 0 Å². The maximum Gasteiger partial charge on any atom is 0.258 e. The average molecular weight is 308 g/mol. The van der Waals surface area contributed by atoms with Gasteiger partial charge in [0, 0.05) is 29.9 Å². The van der Waals surface area contributed by atoms with Gasteiger partial charge in [-0.1, -0.05) is 25.1 Å². The standard InChI is InChI=1S/C19H20N2O2/c1-2-5-18(22)20-16-10-8-15(9-11-16)19(23)21-13-12-14-6-3-4-7-17(14)21/h3-4,6-11H,2,5,12-13H2,1H3,(H,20,22). The molecule has 1 aliphatic rings. The highest BCUT2D eigenvalue weighted by Crippen LogP contribution is 2.29. The first-order valence-electron chi connectivity index (χ1n) is 7.98. The zero-order chi connectivity index (χ0) is 16.2. The molecule has 1 N–H and O–H groups in total. The van der Waals surface area contributed by atoms with Gasteiger partial charge in [-0.05, 0) is 48.7 Å². The first kappa shape index (κ1) is 15.3. The number of carbonyl (C=O) groups excluding carboxylic acids is 2. The molecule has 23 heavy (non-hydrogen) atoms. The van der Waals surface area contributed by atoms with Gasteiger partial charge in [0.1, 0.15) is 0 Å². The largest absolute Gasteiger partial charge is 0.326 e. The number of fused-ring (bicyclic) bond motifs is 1. The molecule has 0 unspecified atom stereocenters. The highest BCUT2D eigenvalue weighted by Gasteiger charge is 2.24. The number of nitrogens with zero attached hydrogens (tertiary/aromatic N) is 1. The lowest BCUT2D eigenvalue weighted by molar-refractivity contribution is -0.116. The van der Waals surface area contributed by atoms with Gasteiger partial charge in [0.25, 0.3) is 5.91 Å². The Morgan fingerprint density at radius 1 is 1.09 bits per heavy atom. The number of anilines is 2. The van der Waals surface area contributed by atoms with Crippen LogP contribution in [-0.4, -0.2) is 18.4 Å². The van der Waals surface area contributed by atoms with Crippen molar-refractivity contribution in [2.24, 2.45) is 0 Å². The van der Waals surface area contributed by atoms with Crippen LogP contribution in [0.2, 0.25) is 0 Å². The third-order valence-electron chi connectivity index (χ3n) is 4.02. The summed E-state index contributed by atoms with van der Waals surface area (Å²) >= 11 is 0. The Labute approximate surface area is 136 Å². The molecule has 0 spiro atoms. The van der Waals surface area contributed by atoms with E-state index in [4.69, 9.17) is 0 Å². The summed E-state index contributed by atoms with van der Waals surface area (Å²) in [6.07, 6.45) is 2.22. The number of nitrogens with one attached hydrogen (secondary N) is 1. The fourth-order valence-electron chi connectivity index (χ4n) is 2.85. The van der Waals surface area contributed by atoms with Gasteiger partial charge in [0.05, 0.1) is 0 Å². The maximum absolute atomic E-state index is 12.7. The molecule has 0 aromatic heterocycles. The molecule has 0 fully saturated rings. The highest BCUT2D eigenvalue weighted by molar-refractivity contribution is 6.07. The van der Waals surface area contributed by atoms with Crippen molar-refractivity contribution in [2.75, 3.05) is 16.8 Å². The number of amides is 2. The second-order valence-electron chi connectivity index (χ2n) is 5.71. The fourth-order valence-corrected chi connectivity index (χ4v) is 2.85. The van der Waals surface area contributed by atoms with E-state index in [2.05, 4.69) is 11.4 Å². The molecule has 0 saturated carbocycles. The van der Waals surface area contributed by atoms with Gasteiger partial charge in [0.2, 0.25) is 5.91 Å². The zero-order valence-corrected chi connectivity index (χ0v) is 13.2. The summed E-state index contributed by atoms with van der Waals surface area (Å²) in [6.45, 7) is 2.68. The second kappa shape index (κ2) is 6.65. The van der Waals surface area contributed by atoms with Crippen LogP contribution in [0, 0.1) is 0 Å². The summed E-state index contributed by atoms with van der Waals surface area (Å²) in [5.41, 5.74) is 3.57. The van der Waals surface area contributed by atoms with Crippen LogP contribution in [0.5, 0.6) is 0 Å². The number of hydrogen-bond donors (Lipinski definition) is 1. The number of para-hydroxylation sites is 1. The molecule has 2 aromatic carbocycles. The van der Waals surface area contributed by atoms with Crippen molar-refractivity contribution >= 4 is 23.2 Å². The fraction of sp³-hybridized carbons (Fsp3) is 0.263. The Morgan fingerprint density at radius 3 is 2.57 bits per heavy atom. The Balaban J connectivity index is 1.73. The van der Waals surface area contributed by atoms with Gasteiger partial charge in [-0.2, -0.15) is 0 Å². The Kier molecular flexibility index (Phi) is 4.42. The van der Waals surface area contributed by atoms with Gasteiger partial charge in [0.15, 0.2) is 0 Å². The molecule has 0 bridgehead atoms. The Bertz CT molecular complexity index is 722. The summed E-state index contributed by atoms with van der Waals surface area (Å²) in [7, 11) is 0. The molecule has 4 nitrogen and oxygen atoms in total. The normalized spacial score (nSPS) is 12.8. The minimum absolute atomic E-state index is 0.0000433. The van der Waals surface area contributed by atoms with E-state index < -0.39 is 0 Å². The van der Waals surface area contributed by atoms with Crippen molar-refractivity contribution in [3.05, 3.63) is 59.7 Å². The number of rotatable bonds is 4. The van der Waals surface area contributed by atoms with Crippen LogP contribution >= 0.6 is 0 Å². The van der Waals surface area contributed by atoms with E-state index in [0.29, 0.717) is 18.5 Å². The molecule has 0 saturated heterocycles. The van der Waals surface area contributed by atoms with Gasteiger partial charge < -0.3 is 10.2 Å². The third-order valence-corrected chi connectivity index (χ3v) is 4.02. The lowest BCUT2D eigenvalue weighted by atomic mass is 10.1. The third kappa shape index (κ3) is 3.26. The minimum Gasteiger partial charge on any atom is -0.326 e. The Morgan fingerprint density at radius 2 is 1.83 bits per heavy atom. The highest BCUT2D eigenvalue weighted by atomic mass is 16.2. The predicted molar refractivity (Wildman–Crippen MR) is 91.8 cm³/mol. The van der Waals surface area contributed by atoms with Crippen molar-refractivity contribution in [3.63, 3.8) is 0 Å². The minimum atomic E-state index is 0.0000433. The molecule has 3 rings (SSSR count). The molecule has 0 aliphatic carbocycles. The molecule has 0 radical (unpaired) electrons. The van der Waals surface area contributed by atoms with Crippen LogP contribution in [-0.2, 0) is 11.2 Å².